The number of fused-ring (bicyclic) bond motifs is 1. The van der Waals surface area contributed by atoms with Crippen LogP contribution in [0.5, 0.6) is 0 Å². The van der Waals surface area contributed by atoms with E-state index in [-0.39, 0.29) is 23.1 Å². The van der Waals surface area contributed by atoms with Crippen LogP contribution in [0.3, 0.4) is 0 Å². The Kier molecular flexibility index (Phi) is 6.55. The fourth-order valence-corrected chi connectivity index (χ4v) is 5.09. The van der Waals surface area contributed by atoms with Crippen molar-refractivity contribution in [3.8, 4) is 11.3 Å². The molecule has 0 aliphatic carbocycles. The monoisotopic (exact) mass is 497 g/mol. The molecule has 180 valence electrons. The van der Waals surface area contributed by atoms with Crippen molar-refractivity contribution in [3.63, 3.8) is 0 Å². The third-order valence-electron chi connectivity index (χ3n) is 5.76. The third-order valence-corrected chi connectivity index (χ3v) is 7.50. The van der Waals surface area contributed by atoms with Crippen LogP contribution in [-0.4, -0.2) is 46.4 Å². The highest BCUT2D eigenvalue weighted by atomic mass is 32.2. The van der Waals surface area contributed by atoms with E-state index in [0.717, 1.165) is 11.1 Å². The lowest BCUT2D eigenvalue weighted by atomic mass is 10.1. The van der Waals surface area contributed by atoms with Crippen molar-refractivity contribution in [2.45, 2.75) is 11.4 Å². The highest BCUT2D eigenvalue weighted by molar-refractivity contribution is 7.91. The van der Waals surface area contributed by atoms with Gasteiger partial charge in [0.2, 0.25) is 0 Å². The summed E-state index contributed by atoms with van der Waals surface area (Å²) in [5.74, 6) is -0.588. The van der Waals surface area contributed by atoms with E-state index in [9.17, 15) is 13.2 Å². The molecule has 0 radical (unpaired) electrons. The first-order chi connectivity index (χ1) is 17.5. The van der Waals surface area contributed by atoms with Gasteiger partial charge in [-0.05, 0) is 35.9 Å². The molecule has 5 aromatic rings. The van der Waals surface area contributed by atoms with E-state index in [1.165, 1.54) is 0 Å². The van der Waals surface area contributed by atoms with Crippen LogP contribution >= 0.6 is 0 Å². The van der Waals surface area contributed by atoms with Gasteiger partial charge in [-0.1, -0.05) is 48.5 Å². The van der Waals surface area contributed by atoms with Crippen LogP contribution in [0.4, 0.5) is 0 Å². The first-order valence-electron chi connectivity index (χ1n) is 11.4. The lowest BCUT2D eigenvalue weighted by Crippen LogP contribution is -2.29. The average molecular weight is 498 g/mol. The fraction of sp³-hybridized carbons (Fsp3) is 0.111. The molecule has 0 atom stereocenters. The molecule has 0 aliphatic heterocycles. The third kappa shape index (κ3) is 5.01. The van der Waals surface area contributed by atoms with Gasteiger partial charge < -0.3 is 5.32 Å². The molecule has 8 nitrogen and oxygen atoms in total. The Morgan fingerprint density at radius 1 is 0.917 bits per heavy atom. The molecule has 1 N–H and O–H groups in total. The van der Waals surface area contributed by atoms with Crippen LogP contribution in [0, 0.1) is 0 Å². The van der Waals surface area contributed by atoms with E-state index in [1.54, 1.807) is 59.7 Å². The summed E-state index contributed by atoms with van der Waals surface area (Å²) < 4.78 is 26.9. The minimum atomic E-state index is -3.51. The molecule has 3 aromatic heterocycles. The number of sulfone groups is 1. The zero-order valence-electron chi connectivity index (χ0n) is 19.3. The molecule has 0 saturated heterocycles. The second kappa shape index (κ2) is 10.1. The average Bonchev–Trinajstić information content (AvgIpc) is 3.32. The number of nitrogens with one attached hydrogen (secondary N) is 1. The zero-order valence-corrected chi connectivity index (χ0v) is 20.1. The predicted octanol–water partition coefficient (Wildman–Crippen LogP) is 3.75. The molecule has 0 spiro atoms. The van der Waals surface area contributed by atoms with Crippen molar-refractivity contribution in [2.75, 3.05) is 12.3 Å². The molecule has 0 bridgehead atoms. The Balaban J connectivity index is 1.45. The van der Waals surface area contributed by atoms with Crippen LogP contribution in [0.25, 0.3) is 22.3 Å². The lowest BCUT2D eigenvalue weighted by molar-refractivity contribution is 0.0957. The van der Waals surface area contributed by atoms with E-state index in [1.807, 2.05) is 42.5 Å². The molecule has 0 unspecified atom stereocenters. The first kappa shape index (κ1) is 23.4. The van der Waals surface area contributed by atoms with Crippen molar-refractivity contribution >= 4 is 26.8 Å². The summed E-state index contributed by atoms with van der Waals surface area (Å²) in [4.78, 5) is 22.3. The molecule has 3 heterocycles. The number of nitrogens with zero attached hydrogens (tertiary/aromatic N) is 4. The van der Waals surface area contributed by atoms with Crippen molar-refractivity contribution in [1.82, 2.24) is 25.1 Å². The van der Waals surface area contributed by atoms with E-state index in [4.69, 9.17) is 4.98 Å². The Labute approximate surface area is 208 Å². The molecule has 0 aliphatic rings. The number of benzene rings is 2. The van der Waals surface area contributed by atoms with Crippen molar-refractivity contribution in [2.24, 2.45) is 0 Å². The number of carbonyl (C=O) groups excluding carboxylic acids is 1. The Morgan fingerprint density at radius 2 is 1.61 bits per heavy atom. The van der Waals surface area contributed by atoms with Crippen LogP contribution in [-0.2, 0) is 16.4 Å². The summed E-state index contributed by atoms with van der Waals surface area (Å²) in [7, 11) is -3.51. The lowest BCUT2D eigenvalue weighted by Gasteiger charge is -2.10. The van der Waals surface area contributed by atoms with Crippen LogP contribution < -0.4 is 5.32 Å². The maximum Gasteiger partial charge on any atom is 0.252 e. The van der Waals surface area contributed by atoms with Crippen molar-refractivity contribution in [3.05, 3.63) is 109 Å². The van der Waals surface area contributed by atoms with Crippen LogP contribution in [0.1, 0.15) is 15.9 Å². The SMILES string of the molecule is O=C(NCCS(=O)(=O)c1ccccc1)c1cc(-c2ccccc2)nc2c1cnn2Cc1ccncc1. The quantitative estimate of drug-likeness (QED) is 0.350. The van der Waals surface area contributed by atoms with Gasteiger partial charge in [-0.15, -0.1) is 0 Å². The highest BCUT2D eigenvalue weighted by Crippen LogP contribution is 2.25. The molecule has 9 heteroatoms. The summed E-state index contributed by atoms with van der Waals surface area (Å²) in [6, 6.07) is 23.3. The van der Waals surface area contributed by atoms with Gasteiger partial charge in [-0.25, -0.2) is 18.1 Å². The molecule has 2 aromatic carbocycles. The van der Waals surface area contributed by atoms with Gasteiger partial charge >= 0.3 is 0 Å². The Bertz CT molecular complexity index is 1600. The molecule has 0 fully saturated rings. The van der Waals surface area contributed by atoms with Crippen molar-refractivity contribution in [1.29, 1.82) is 0 Å². The van der Waals surface area contributed by atoms with E-state index < -0.39 is 9.84 Å². The summed E-state index contributed by atoms with van der Waals surface area (Å²) in [5, 5.41) is 7.84. The normalized spacial score (nSPS) is 11.4. The van der Waals surface area contributed by atoms with Crippen LogP contribution in [0.15, 0.2) is 102 Å². The topological polar surface area (TPSA) is 107 Å². The summed E-state index contributed by atoms with van der Waals surface area (Å²) in [5.41, 5.74) is 3.43. The largest absolute Gasteiger partial charge is 0.351 e. The van der Waals surface area contributed by atoms with Gasteiger partial charge in [0.25, 0.3) is 5.91 Å². The van der Waals surface area contributed by atoms with Gasteiger partial charge in [-0.3, -0.25) is 9.78 Å². The van der Waals surface area contributed by atoms with Gasteiger partial charge in [0.1, 0.15) is 0 Å². The summed E-state index contributed by atoms with van der Waals surface area (Å²) in [6.45, 7) is 0.444. The van der Waals surface area contributed by atoms with Gasteiger partial charge in [-0.2, -0.15) is 5.10 Å². The minimum absolute atomic E-state index is 0.0221. The number of hydrogen-bond acceptors (Lipinski definition) is 6. The summed E-state index contributed by atoms with van der Waals surface area (Å²) >= 11 is 0. The highest BCUT2D eigenvalue weighted by Gasteiger charge is 2.19. The molecule has 36 heavy (non-hydrogen) atoms. The number of carbonyl (C=O) groups is 1. The van der Waals surface area contributed by atoms with Crippen LogP contribution in [0.2, 0.25) is 0 Å². The second-order valence-corrected chi connectivity index (χ2v) is 10.3. The number of aromatic nitrogens is 4. The van der Waals surface area contributed by atoms with Gasteiger partial charge in [0.05, 0.1) is 40.0 Å². The number of amides is 1. The van der Waals surface area contributed by atoms with Gasteiger partial charge in [0.15, 0.2) is 15.5 Å². The molecule has 1 amide bonds. The molecular formula is C27H23N5O3S. The summed E-state index contributed by atoms with van der Waals surface area (Å²) in [6.07, 6.45) is 5.05. The Hall–Kier alpha value is -4.37. The van der Waals surface area contributed by atoms with Crippen molar-refractivity contribution < 1.29 is 13.2 Å². The Morgan fingerprint density at radius 3 is 2.33 bits per heavy atom. The number of pyridine rings is 2. The smallest absolute Gasteiger partial charge is 0.252 e. The maximum atomic E-state index is 13.3. The van der Waals surface area contributed by atoms with E-state index >= 15 is 0 Å². The first-order valence-corrected chi connectivity index (χ1v) is 13.0. The number of rotatable bonds is 8. The standard InChI is InChI=1S/C27H23N5O3S/c33-27(29-15-16-36(34,35)22-9-5-2-6-10-22)23-17-25(21-7-3-1-4-8-21)31-26-24(23)18-30-32(26)19-20-11-13-28-14-12-20/h1-14,17-18H,15-16,19H2,(H,29,33). The van der Waals surface area contributed by atoms with Gasteiger partial charge in [0, 0.05) is 24.5 Å². The molecule has 0 saturated carbocycles. The predicted molar refractivity (Wildman–Crippen MR) is 137 cm³/mol. The minimum Gasteiger partial charge on any atom is -0.351 e. The van der Waals surface area contributed by atoms with E-state index in [2.05, 4.69) is 15.4 Å². The second-order valence-electron chi connectivity index (χ2n) is 8.20. The maximum absolute atomic E-state index is 13.3. The zero-order chi connectivity index (χ0) is 25.0. The fourth-order valence-electron chi connectivity index (χ4n) is 3.91. The van der Waals surface area contributed by atoms with E-state index in [0.29, 0.717) is 28.8 Å². The number of hydrogen-bond donors (Lipinski definition) is 1. The molecule has 5 rings (SSSR count). The molecular weight excluding hydrogens is 474 g/mol.